The smallest absolute Gasteiger partial charge is 0.0830 e. The molecule has 1 heterocycles. The lowest BCUT2D eigenvalue weighted by Gasteiger charge is -2.15. The van der Waals surface area contributed by atoms with E-state index in [2.05, 4.69) is 24.1 Å². The quantitative estimate of drug-likeness (QED) is 0.932. The van der Waals surface area contributed by atoms with Crippen LogP contribution < -0.4 is 4.90 Å². The van der Waals surface area contributed by atoms with Gasteiger partial charge in [0.1, 0.15) is 0 Å². The number of rotatable bonds is 3. The van der Waals surface area contributed by atoms with E-state index in [1.165, 1.54) is 11.3 Å². The van der Waals surface area contributed by atoms with Crippen LogP contribution in [0.3, 0.4) is 0 Å². The van der Waals surface area contributed by atoms with Crippen LogP contribution in [0.4, 0.5) is 5.69 Å². The summed E-state index contributed by atoms with van der Waals surface area (Å²) in [5.41, 5.74) is 4.65. The molecular weight excluding hydrogens is 270 g/mol. The Bertz CT molecular complexity index is 626. The number of benzene rings is 2. The molecule has 1 unspecified atom stereocenters. The molecule has 2 aromatic rings. The highest BCUT2D eigenvalue weighted by atomic mass is 35.5. The van der Waals surface area contributed by atoms with E-state index < -0.39 is 6.10 Å². The van der Waals surface area contributed by atoms with Gasteiger partial charge in [0.05, 0.1) is 6.10 Å². The Morgan fingerprint density at radius 1 is 1.25 bits per heavy atom. The number of aliphatic hydroxyl groups is 1. The minimum absolute atomic E-state index is 0.482. The van der Waals surface area contributed by atoms with Crippen molar-refractivity contribution in [2.24, 2.45) is 0 Å². The van der Waals surface area contributed by atoms with Crippen molar-refractivity contribution in [1.29, 1.82) is 0 Å². The number of anilines is 1. The highest BCUT2D eigenvalue weighted by Gasteiger charge is 2.18. The zero-order chi connectivity index (χ0) is 14.1. The Morgan fingerprint density at radius 3 is 2.90 bits per heavy atom. The Balaban J connectivity index is 1.79. The van der Waals surface area contributed by atoms with Gasteiger partial charge in [0.25, 0.3) is 0 Å². The van der Waals surface area contributed by atoms with Crippen molar-refractivity contribution in [2.75, 3.05) is 18.5 Å². The van der Waals surface area contributed by atoms with E-state index >= 15 is 0 Å². The Morgan fingerprint density at radius 2 is 2.10 bits per heavy atom. The fourth-order valence-electron chi connectivity index (χ4n) is 2.80. The van der Waals surface area contributed by atoms with E-state index in [9.17, 15) is 5.11 Å². The molecule has 0 saturated heterocycles. The second-order valence-corrected chi connectivity index (χ2v) is 5.85. The normalized spacial score (nSPS) is 15.2. The van der Waals surface area contributed by atoms with Gasteiger partial charge in [0.2, 0.25) is 0 Å². The molecule has 1 N–H and O–H groups in total. The van der Waals surface area contributed by atoms with Gasteiger partial charge in [-0.2, -0.15) is 0 Å². The highest BCUT2D eigenvalue weighted by Crippen LogP contribution is 2.30. The summed E-state index contributed by atoms with van der Waals surface area (Å²) in [7, 11) is 2.11. The predicted molar refractivity (Wildman–Crippen MR) is 83.5 cm³/mol. The molecule has 0 bridgehead atoms. The molecule has 104 valence electrons. The van der Waals surface area contributed by atoms with Crippen molar-refractivity contribution >= 4 is 17.3 Å². The molecular formula is C17H18ClNO. The van der Waals surface area contributed by atoms with Gasteiger partial charge in [0, 0.05) is 30.7 Å². The Labute approximate surface area is 124 Å². The van der Waals surface area contributed by atoms with Crippen LogP contribution in [0.5, 0.6) is 0 Å². The van der Waals surface area contributed by atoms with Gasteiger partial charge in [0.15, 0.2) is 0 Å². The summed E-state index contributed by atoms with van der Waals surface area (Å²) in [4.78, 5) is 2.25. The molecule has 0 aliphatic carbocycles. The van der Waals surface area contributed by atoms with Crippen molar-refractivity contribution in [3.8, 4) is 0 Å². The third-order valence-electron chi connectivity index (χ3n) is 3.93. The molecule has 0 amide bonds. The zero-order valence-electron chi connectivity index (χ0n) is 11.5. The van der Waals surface area contributed by atoms with Crippen LogP contribution in [-0.4, -0.2) is 18.7 Å². The molecule has 0 saturated carbocycles. The van der Waals surface area contributed by atoms with Crippen LogP contribution in [0, 0.1) is 0 Å². The summed E-state index contributed by atoms with van der Waals surface area (Å²) in [6.07, 6.45) is 1.17. The summed E-state index contributed by atoms with van der Waals surface area (Å²) in [6.45, 7) is 1.06. The first-order chi connectivity index (χ1) is 9.63. The van der Waals surface area contributed by atoms with Crippen molar-refractivity contribution < 1.29 is 5.11 Å². The fourth-order valence-corrected chi connectivity index (χ4v) is 3.01. The fraction of sp³-hybridized carbons (Fsp3) is 0.294. The number of halogens is 1. The minimum atomic E-state index is -0.482. The molecule has 0 fully saturated rings. The lowest BCUT2D eigenvalue weighted by molar-refractivity contribution is 0.178. The monoisotopic (exact) mass is 287 g/mol. The van der Waals surface area contributed by atoms with Crippen LogP contribution in [-0.2, 0) is 12.8 Å². The first kappa shape index (κ1) is 13.5. The van der Waals surface area contributed by atoms with Crippen molar-refractivity contribution in [3.05, 3.63) is 64.2 Å². The van der Waals surface area contributed by atoms with Gasteiger partial charge in [-0.05, 0) is 41.3 Å². The highest BCUT2D eigenvalue weighted by molar-refractivity contribution is 6.30. The van der Waals surface area contributed by atoms with Crippen LogP contribution in [0.2, 0.25) is 5.02 Å². The van der Waals surface area contributed by atoms with Crippen molar-refractivity contribution in [1.82, 2.24) is 0 Å². The van der Waals surface area contributed by atoms with Gasteiger partial charge in [-0.15, -0.1) is 0 Å². The van der Waals surface area contributed by atoms with Crippen LogP contribution >= 0.6 is 11.6 Å². The number of fused-ring (bicyclic) bond motifs is 1. The van der Waals surface area contributed by atoms with E-state index in [4.69, 9.17) is 11.6 Å². The molecule has 1 atom stereocenters. The third-order valence-corrected chi connectivity index (χ3v) is 4.17. The predicted octanol–water partition coefficient (Wildman–Crippen LogP) is 3.61. The molecule has 0 spiro atoms. The van der Waals surface area contributed by atoms with Crippen LogP contribution in [0.15, 0.2) is 42.5 Å². The van der Waals surface area contributed by atoms with Crippen molar-refractivity contribution in [2.45, 2.75) is 18.9 Å². The lowest BCUT2D eigenvalue weighted by atomic mass is 9.99. The van der Waals surface area contributed by atoms with Gasteiger partial charge in [-0.3, -0.25) is 0 Å². The zero-order valence-corrected chi connectivity index (χ0v) is 12.3. The summed E-state index contributed by atoms with van der Waals surface area (Å²) in [5, 5.41) is 11.1. The van der Waals surface area contributed by atoms with Gasteiger partial charge < -0.3 is 10.0 Å². The molecule has 1 aliphatic heterocycles. The number of hydrogen-bond donors (Lipinski definition) is 1. The van der Waals surface area contributed by atoms with E-state index in [0.29, 0.717) is 11.4 Å². The molecule has 0 radical (unpaired) electrons. The summed E-state index contributed by atoms with van der Waals surface area (Å²) < 4.78 is 0. The van der Waals surface area contributed by atoms with Crippen molar-refractivity contribution in [3.63, 3.8) is 0 Å². The first-order valence-electron chi connectivity index (χ1n) is 6.90. The number of likely N-dealkylation sites (N-methyl/N-ethyl adjacent to an activating group) is 1. The SMILES string of the molecule is CN1CCc2cc(C(O)Cc3cccc(Cl)c3)ccc21. The van der Waals surface area contributed by atoms with E-state index in [1.807, 2.05) is 30.3 Å². The maximum Gasteiger partial charge on any atom is 0.0830 e. The average molecular weight is 288 g/mol. The summed E-state index contributed by atoms with van der Waals surface area (Å²) >= 11 is 5.98. The number of hydrogen-bond acceptors (Lipinski definition) is 2. The summed E-state index contributed by atoms with van der Waals surface area (Å²) in [5.74, 6) is 0. The van der Waals surface area contributed by atoms with Gasteiger partial charge in [-0.25, -0.2) is 0 Å². The van der Waals surface area contributed by atoms with E-state index in [0.717, 1.165) is 24.1 Å². The molecule has 2 nitrogen and oxygen atoms in total. The van der Waals surface area contributed by atoms with E-state index in [-0.39, 0.29) is 0 Å². The minimum Gasteiger partial charge on any atom is -0.388 e. The van der Waals surface area contributed by atoms with Crippen LogP contribution in [0.25, 0.3) is 0 Å². The molecule has 1 aliphatic rings. The largest absolute Gasteiger partial charge is 0.388 e. The topological polar surface area (TPSA) is 23.5 Å². The third kappa shape index (κ3) is 2.67. The Kier molecular flexibility index (Phi) is 3.68. The number of nitrogens with zero attached hydrogens (tertiary/aromatic N) is 1. The number of aliphatic hydroxyl groups excluding tert-OH is 1. The molecule has 3 heteroatoms. The molecule has 20 heavy (non-hydrogen) atoms. The standard InChI is InChI=1S/C17H18ClNO/c1-19-8-7-13-11-14(5-6-16(13)19)17(20)10-12-3-2-4-15(18)9-12/h2-6,9,11,17,20H,7-8,10H2,1H3. The molecule has 0 aromatic heterocycles. The second kappa shape index (κ2) is 5.47. The molecule has 3 rings (SSSR count). The van der Waals surface area contributed by atoms with Gasteiger partial charge >= 0.3 is 0 Å². The van der Waals surface area contributed by atoms with Gasteiger partial charge in [-0.1, -0.05) is 35.9 Å². The molecule has 2 aromatic carbocycles. The maximum absolute atomic E-state index is 10.4. The van der Waals surface area contributed by atoms with Crippen LogP contribution in [0.1, 0.15) is 22.8 Å². The average Bonchev–Trinajstić information content (AvgIpc) is 2.80. The van der Waals surface area contributed by atoms with E-state index in [1.54, 1.807) is 0 Å². The summed E-state index contributed by atoms with van der Waals surface area (Å²) in [6, 6.07) is 13.9. The first-order valence-corrected chi connectivity index (χ1v) is 7.28. The maximum atomic E-state index is 10.4. The second-order valence-electron chi connectivity index (χ2n) is 5.41. The Hall–Kier alpha value is -1.51. The lowest BCUT2D eigenvalue weighted by Crippen LogP contribution is -2.12.